The van der Waals surface area contributed by atoms with Crippen LogP contribution in [0.25, 0.3) is 0 Å². The smallest absolute Gasteiger partial charge is 0.241 e. The van der Waals surface area contributed by atoms with Crippen LogP contribution < -0.4 is 15.0 Å². The maximum Gasteiger partial charge on any atom is 0.241 e. The highest BCUT2D eigenvalue weighted by Crippen LogP contribution is 2.27. The number of carbonyl (C=O) groups is 1. The van der Waals surface area contributed by atoms with Crippen molar-refractivity contribution < 1.29 is 9.53 Å². The zero-order chi connectivity index (χ0) is 18.5. The van der Waals surface area contributed by atoms with E-state index in [4.69, 9.17) is 16.3 Å². The number of anilines is 2. The van der Waals surface area contributed by atoms with Crippen LogP contribution in [-0.2, 0) is 4.79 Å². The molecule has 1 atom stereocenters. The highest BCUT2D eigenvalue weighted by Gasteiger charge is 2.26. The largest absolute Gasteiger partial charge is 0.495 e. The topological polar surface area (TPSA) is 70.6 Å². The molecule has 8 heteroatoms. The molecule has 0 unspecified atom stereocenters. The second kappa shape index (κ2) is 8.33. The van der Waals surface area contributed by atoms with Gasteiger partial charge in [0.05, 0.1) is 18.2 Å². The zero-order valence-corrected chi connectivity index (χ0v) is 15.6. The number of methoxy groups -OCH3 is 1. The van der Waals surface area contributed by atoms with Crippen LogP contribution in [0.2, 0.25) is 5.02 Å². The summed E-state index contributed by atoms with van der Waals surface area (Å²) in [7, 11) is 1.56. The molecule has 26 heavy (non-hydrogen) atoms. The van der Waals surface area contributed by atoms with Crippen molar-refractivity contribution >= 4 is 29.1 Å². The minimum atomic E-state index is -0.241. The lowest BCUT2D eigenvalue weighted by molar-refractivity contribution is -0.120. The third-order valence-electron chi connectivity index (χ3n) is 4.50. The molecule has 1 saturated heterocycles. The fourth-order valence-corrected chi connectivity index (χ4v) is 3.18. The molecule has 2 aromatic rings. The van der Waals surface area contributed by atoms with Crippen LogP contribution in [0.15, 0.2) is 36.7 Å². The Morgan fingerprint density at radius 3 is 2.54 bits per heavy atom. The molecule has 1 aromatic heterocycles. The average molecular weight is 376 g/mol. The Morgan fingerprint density at radius 2 is 1.92 bits per heavy atom. The molecule has 1 N–H and O–H groups in total. The molecule has 7 nitrogen and oxygen atoms in total. The van der Waals surface area contributed by atoms with Gasteiger partial charge in [-0.05, 0) is 31.2 Å². The van der Waals surface area contributed by atoms with Gasteiger partial charge < -0.3 is 15.0 Å². The number of aromatic nitrogens is 2. The van der Waals surface area contributed by atoms with Crippen molar-refractivity contribution in [2.24, 2.45) is 0 Å². The molecular formula is C18H22ClN5O2. The van der Waals surface area contributed by atoms with Gasteiger partial charge in [-0.3, -0.25) is 9.69 Å². The maximum atomic E-state index is 12.6. The molecule has 1 aliphatic rings. The van der Waals surface area contributed by atoms with E-state index in [1.54, 1.807) is 43.8 Å². The summed E-state index contributed by atoms with van der Waals surface area (Å²) in [6.07, 6.45) is 3.48. The predicted octanol–water partition coefficient (Wildman–Crippen LogP) is 2.29. The van der Waals surface area contributed by atoms with Crippen molar-refractivity contribution in [2.75, 3.05) is 43.5 Å². The predicted molar refractivity (Wildman–Crippen MR) is 102 cm³/mol. The van der Waals surface area contributed by atoms with Crippen LogP contribution in [0.3, 0.4) is 0 Å². The lowest BCUT2D eigenvalue weighted by Crippen LogP contribution is -2.53. The first-order valence-electron chi connectivity index (χ1n) is 8.49. The summed E-state index contributed by atoms with van der Waals surface area (Å²) < 4.78 is 5.13. The van der Waals surface area contributed by atoms with E-state index >= 15 is 0 Å². The lowest BCUT2D eigenvalue weighted by atomic mass is 10.2. The van der Waals surface area contributed by atoms with Crippen LogP contribution in [0, 0.1) is 0 Å². The average Bonchev–Trinajstić information content (AvgIpc) is 2.68. The first-order chi connectivity index (χ1) is 12.6. The van der Waals surface area contributed by atoms with Crippen molar-refractivity contribution in [1.29, 1.82) is 0 Å². The van der Waals surface area contributed by atoms with Gasteiger partial charge in [0, 0.05) is 44.3 Å². The number of ether oxygens (including phenoxy) is 1. The molecule has 0 spiro atoms. The SMILES string of the molecule is COc1ccc(NC(=O)[C@@H](C)N2CCN(c3ncccn3)CC2)cc1Cl. The highest BCUT2D eigenvalue weighted by atomic mass is 35.5. The Balaban J connectivity index is 1.55. The zero-order valence-electron chi connectivity index (χ0n) is 14.9. The summed E-state index contributed by atoms with van der Waals surface area (Å²) in [4.78, 5) is 25.4. The summed E-state index contributed by atoms with van der Waals surface area (Å²) >= 11 is 6.11. The van der Waals surface area contributed by atoms with Gasteiger partial charge >= 0.3 is 0 Å². The van der Waals surface area contributed by atoms with Crippen molar-refractivity contribution in [1.82, 2.24) is 14.9 Å². The number of nitrogens with zero attached hydrogens (tertiary/aromatic N) is 4. The molecule has 1 amide bonds. The van der Waals surface area contributed by atoms with Crippen LogP contribution in [0.1, 0.15) is 6.92 Å². The number of halogens is 1. The summed E-state index contributed by atoms with van der Waals surface area (Å²) in [5.41, 5.74) is 0.656. The Hall–Kier alpha value is -2.38. The Bertz CT molecular complexity index is 751. The van der Waals surface area contributed by atoms with E-state index in [1.165, 1.54) is 0 Å². The fourth-order valence-electron chi connectivity index (χ4n) is 2.92. The molecular weight excluding hydrogens is 354 g/mol. The first kappa shape index (κ1) is 18.4. The van der Waals surface area contributed by atoms with Gasteiger partial charge in [-0.15, -0.1) is 0 Å². The molecule has 2 heterocycles. The third-order valence-corrected chi connectivity index (χ3v) is 4.79. The number of nitrogens with one attached hydrogen (secondary N) is 1. The van der Waals surface area contributed by atoms with E-state index in [9.17, 15) is 4.79 Å². The second-order valence-electron chi connectivity index (χ2n) is 6.09. The van der Waals surface area contributed by atoms with E-state index in [1.807, 2.05) is 6.92 Å². The summed E-state index contributed by atoms with van der Waals surface area (Å²) in [6.45, 7) is 5.04. The summed E-state index contributed by atoms with van der Waals surface area (Å²) in [6, 6.07) is 6.77. The third kappa shape index (κ3) is 4.23. The minimum Gasteiger partial charge on any atom is -0.495 e. The minimum absolute atomic E-state index is 0.0596. The molecule has 0 aliphatic carbocycles. The number of amides is 1. The maximum absolute atomic E-state index is 12.6. The Kier molecular flexibility index (Phi) is 5.90. The van der Waals surface area contributed by atoms with Gasteiger partial charge in [-0.2, -0.15) is 0 Å². The van der Waals surface area contributed by atoms with E-state index in [0.717, 1.165) is 32.1 Å². The molecule has 0 radical (unpaired) electrons. The van der Waals surface area contributed by atoms with Gasteiger partial charge in [0.25, 0.3) is 0 Å². The molecule has 0 bridgehead atoms. The van der Waals surface area contributed by atoms with Crippen molar-refractivity contribution in [2.45, 2.75) is 13.0 Å². The van der Waals surface area contributed by atoms with Crippen molar-refractivity contribution in [3.05, 3.63) is 41.7 Å². The molecule has 3 rings (SSSR count). The van der Waals surface area contributed by atoms with E-state index in [0.29, 0.717) is 16.5 Å². The van der Waals surface area contributed by atoms with Crippen LogP contribution >= 0.6 is 11.6 Å². The van der Waals surface area contributed by atoms with E-state index in [-0.39, 0.29) is 11.9 Å². The standard InChI is InChI=1S/C18H22ClN5O2/c1-13(17(25)22-14-4-5-16(26-2)15(19)12-14)23-8-10-24(11-9-23)18-20-6-3-7-21-18/h3-7,12-13H,8-11H2,1-2H3,(H,22,25)/t13-/m1/s1. The molecule has 0 saturated carbocycles. The normalized spacial score (nSPS) is 16.2. The number of piperazine rings is 1. The number of rotatable bonds is 5. The molecule has 1 aromatic carbocycles. The molecule has 138 valence electrons. The summed E-state index contributed by atoms with van der Waals surface area (Å²) in [5.74, 6) is 1.25. The van der Waals surface area contributed by atoms with Gasteiger partial charge in [-0.25, -0.2) is 9.97 Å². The quantitative estimate of drug-likeness (QED) is 0.864. The van der Waals surface area contributed by atoms with Crippen LogP contribution in [0.4, 0.5) is 11.6 Å². The monoisotopic (exact) mass is 375 g/mol. The van der Waals surface area contributed by atoms with Crippen molar-refractivity contribution in [3.8, 4) is 5.75 Å². The molecule has 1 aliphatic heterocycles. The molecule has 1 fully saturated rings. The number of hydrogen-bond donors (Lipinski definition) is 1. The van der Waals surface area contributed by atoms with Gasteiger partial charge in [0.2, 0.25) is 11.9 Å². The number of benzene rings is 1. The fraction of sp³-hybridized carbons (Fsp3) is 0.389. The number of hydrogen-bond acceptors (Lipinski definition) is 6. The van der Waals surface area contributed by atoms with E-state index < -0.39 is 0 Å². The van der Waals surface area contributed by atoms with Gasteiger partial charge in [0.15, 0.2) is 0 Å². The Morgan fingerprint density at radius 1 is 1.23 bits per heavy atom. The van der Waals surface area contributed by atoms with E-state index in [2.05, 4.69) is 25.1 Å². The highest BCUT2D eigenvalue weighted by molar-refractivity contribution is 6.32. The second-order valence-corrected chi connectivity index (χ2v) is 6.49. The van der Waals surface area contributed by atoms with Crippen LogP contribution in [0.5, 0.6) is 5.75 Å². The first-order valence-corrected chi connectivity index (χ1v) is 8.86. The van der Waals surface area contributed by atoms with Gasteiger partial charge in [-0.1, -0.05) is 11.6 Å². The Labute approximate surface area is 157 Å². The van der Waals surface area contributed by atoms with Crippen molar-refractivity contribution in [3.63, 3.8) is 0 Å². The summed E-state index contributed by atoms with van der Waals surface area (Å²) in [5, 5.41) is 3.38. The lowest BCUT2D eigenvalue weighted by Gasteiger charge is -2.37. The van der Waals surface area contributed by atoms with Gasteiger partial charge in [0.1, 0.15) is 5.75 Å². The van der Waals surface area contributed by atoms with Crippen LogP contribution in [-0.4, -0.2) is 60.1 Å². The number of carbonyl (C=O) groups excluding carboxylic acids is 1.